The first kappa shape index (κ1) is 17.9. The number of rotatable bonds is 5. The molecule has 1 aromatic carbocycles. The van der Waals surface area contributed by atoms with Crippen LogP contribution in [0.15, 0.2) is 36.7 Å². The number of carbonyl (C=O) groups is 1. The number of benzene rings is 1. The molecule has 0 atom stereocenters. The van der Waals surface area contributed by atoms with E-state index in [1.807, 2.05) is 24.3 Å². The molecule has 0 radical (unpaired) electrons. The molecule has 128 valence electrons. The lowest BCUT2D eigenvalue weighted by Gasteiger charge is -2.23. The number of hydrogen-bond acceptors (Lipinski definition) is 4. The van der Waals surface area contributed by atoms with Crippen LogP contribution in [0.5, 0.6) is 0 Å². The van der Waals surface area contributed by atoms with Crippen LogP contribution in [0, 0.1) is 0 Å². The molecule has 1 amide bonds. The van der Waals surface area contributed by atoms with E-state index in [9.17, 15) is 4.79 Å². The first-order chi connectivity index (χ1) is 11.4. The van der Waals surface area contributed by atoms with Crippen LogP contribution in [0.2, 0.25) is 0 Å². The highest BCUT2D eigenvalue weighted by Gasteiger charge is 2.19. The standard InChI is InChI=1S/C19H26N4O/c1-6-23(7-2)17-12-16(20-13-21-17)18(24)22-15-11-9-8-10-14(15)19(3,4)5/h8-13H,6-7H2,1-5H3,(H,22,24). The lowest BCUT2D eigenvalue weighted by molar-refractivity contribution is 0.102. The van der Waals surface area contributed by atoms with Crippen LogP contribution in [0.3, 0.4) is 0 Å². The van der Waals surface area contributed by atoms with Gasteiger partial charge >= 0.3 is 0 Å². The van der Waals surface area contributed by atoms with Crippen molar-refractivity contribution in [1.29, 1.82) is 0 Å². The lowest BCUT2D eigenvalue weighted by atomic mass is 9.86. The minimum absolute atomic E-state index is 0.0536. The first-order valence-electron chi connectivity index (χ1n) is 8.34. The molecule has 2 aromatic rings. The fourth-order valence-corrected chi connectivity index (χ4v) is 2.62. The highest BCUT2D eigenvalue weighted by molar-refractivity contribution is 6.03. The fourth-order valence-electron chi connectivity index (χ4n) is 2.62. The summed E-state index contributed by atoms with van der Waals surface area (Å²) in [5, 5.41) is 2.99. The topological polar surface area (TPSA) is 58.1 Å². The summed E-state index contributed by atoms with van der Waals surface area (Å²) in [5.74, 6) is 0.548. The molecule has 0 saturated carbocycles. The molecule has 5 heteroatoms. The molecule has 24 heavy (non-hydrogen) atoms. The Hall–Kier alpha value is -2.43. The average Bonchev–Trinajstić information content (AvgIpc) is 2.56. The van der Waals surface area contributed by atoms with E-state index in [1.54, 1.807) is 6.07 Å². The van der Waals surface area contributed by atoms with Gasteiger partial charge in [0.15, 0.2) is 0 Å². The van der Waals surface area contributed by atoms with Gasteiger partial charge in [0, 0.05) is 24.8 Å². The highest BCUT2D eigenvalue weighted by Crippen LogP contribution is 2.29. The molecule has 0 aliphatic carbocycles. The average molecular weight is 326 g/mol. The third-order valence-corrected chi connectivity index (χ3v) is 3.96. The summed E-state index contributed by atoms with van der Waals surface area (Å²) in [6.07, 6.45) is 1.44. The number of hydrogen-bond donors (Lipinski definition) is 1. The Labute approximate surface area is 144 Å². The minimum Gasteiger partial charge on any atom is -0.357 e. The zero-order valence-electron chi connectivity index (χ0n) is 15.1. The van der Waals surface area contributed by atoms with Crippen molar-refractivity contribution in [1.82, 2.24) is 9.97 Å². The van der Waals surface area contributed by atoms with E-state index in [1.165, 1.54) is 6.33 Å². The molecule has 0 aliphatic rings. The van der Waals surface area contributed by atoms with Crippen LogP contribution in [0.25, 0.3) is 0 Å². The van der Waals surface area contributed by atoms with Crippen molar-refractivity contribution < 1.29 is 4.79 Å². The van der Waals surface area contributed by atoms with Gasteiger partial charge in [0.2, 0.25) is 0 Å². The monoisotopic (exact) mass is 326 g/mol. The van der Waals surface area contributed by atoms with E-state index < -0.39 is 0 Å². The second-order valence-corrected chi connectivity index (χ2v) is 6.68. The summed E-state index contributed by atoms with van der Waals surface area (Å²) in [6, 6.07) is 9.61. The summed E-state index contributed by atoms with van der Waals surface area (Å²) >= 11 is 0. The van der Waals surface area contributed by atoms with Crippen LogP contribution in [0.1, 0.15) is 50.7 Å². The maximum Gasteiger partial charge on any atom is 0.274 e. The number of anilines is 2. The van der Waals surface area contributed by atoms with Gasteiger partial charge in [-0.15, -0.1) is 0 Å². The van der Waals surface area contributed by atoms with Crippen LogP contribution in [-0.4, -0.2) is 29.0 Å². The number of amides is 1. The quantitative estimate of drug-likeness (QED) is 0.906. The fraction of sp³-hybridized carbons (Fsp3) is 0.421. The highest BCUT2D eigenvalue weighted by atomic mass is 16.1. The van der Waals surface area contributed by atoms with Gasteiger partial charge in [-0.1, -0.05) is 39.0 Å². The van der Waals surface area contributed by atoms with Crippen molar-refractivity contribution in [2.45, 2.75) is 40.0 Å². The third kappa shape index (κ3) is 4.10. The van der Waals surface area contributed by atoms with Gasteiger partial charge in [-0.2, -0.15) is 0 Å². The molecule has 0 bridgehead atoms. The van der Waals surface area contributed by atoms with Crippen molar-refractivity contribution in [3.63, 3.8) is 0 Å². The number of carbonyl (C=O) groups excluding carboxylic acids is 1. The van der Waals surface area contributed by atoms with Crippen molar-refractivity contribution in [3.05, 3.63) is 47.9 Å². The molecule has 0 fully saturated rings. The number of nitrogens with zero attached hydrogens (tertiary/aromatic N) is 3. The van der Waals surface area contributed by atoms with Crippen molar-refractivity contribution in [2.24, 2.45) is 0 Å². The molecule has 0 aliphatic heterocycles. The normalized spacial score (nSPS) is 11.2. The van der Waals surface area contributed by atoms with Crippen molar-refractivity contribution >= 4 is 17.4 Å². The maximum atomic E-state index is 12.6. The van der Waals surface area contributed by atoms with E-state index in [4.69, 9.17) is 0 Å². The molecule has 1 N–H and O–H groups in total. The number of para-hydroxylation sites is 1. The lowest BCUT2D eigenvalue weighted by Crippen LogP contribution is -2.24. The van der Waals surface area contributed by atoms with Crippen LogP contribution < -0.4 is 10.2 Å². The molecule has 2 rings (SSSR count). The van der Waals surface area contributed by atoms with Gasteiger partial charge in [0.25, 0.3) is 5.91 Å². The molecular formula is C19H26N4O. The Morgan fingerprint density at radius 1 is 1.12 bits per heavy atom. The smallest absolute Gasteiger partial charge is 0.274 e. The van der Waals surface area contributed by atoms with E-state index >= 15 is 0 Å². The van der Waals surface area contributed by atoms with Gasteiger partial charge in [0.1, 0.15) is 17.8 Å². The molecule has 0 spiro atoms. The first-order valence-corrected chi connectivity index (χ1v) is 8.34. The van der Waals surface area contributed by atoms with E-state index in [0.29, 0.717) is 5.69 Å². The third-order valence-electron chi connectivity index (χ3n) is 3.96. The molecular weight excluding hydrogens is 300 g/mol. The zero-order chi connectivity index (χ0) is 17.7. The SMILES string of the molecule is CCN(CC)c1cc(C(=O)Nc2ccccc2C(C)(C)C)ncn1. The molecule has 1 aromatic heterocycles. The number of aromatic nitrogens is 2. The zero-order valence-corrected chi connectivity index (χ0v) is 15.1. The Morgan fingerprint density at radius 2 is 1.79 bits per heavy atom. The maximum absolute atomic E-state index is 12.6. The van der Waals surface area contributed by atoms with E-state index in [2.05, 4.69) is 54.8 Å². The predicted octanol–water partition coefficient (Wildman–Crippen LogP) is 3.87. The van der Waals surface area contributed by atoms with Gasteiger partial charge in [-0.3, -0.25) is 4.79 Å². The van der Waals surface area contributed by atoms with Gasteiger partial charge in [-0.05, 0) is 30.9 Å². The van der Waals surface area contributed by atoms with Crippen molar-refractivity contribution in [2.75, 3.05) is 23.3 Å². The Kier molecular flexibility index (Phi) is 5.54. The van der Waals surface area contributed by atoms with Crippen molar-refractivity contribution in [3.8, 4) is 0 Å². The number of nitrogens with one attached hydrogen (secondary N) is 1. The Bertz CT molecular complexity index is 703. The Morgan fingerprint density at radius 3 is 2.42 bits per heavy atom. The Balaban J connectivity index is 2.27. The molecule has 0 unspecified atom stereocenters. The summed E-state index contributed by atoms with van der Waals surface area (Å²) < 4.78 is 0. The van der Waals surface area contributed by atoms with Gasteiger partial charge in [0.05, 0.1) is 0 Å². The summed E-state index contributed by atoms with van der Waals surface area (Å²) in [5.41, 5.74) is 2.23. The predicted molar refractivity (Wildman–Crippen MR) is 98.7 cm³/mol. The molecule has 0 saturated heterocycles. The van der Waals surface area contributed by atoms with E-state index in [-0.39, 0.29) is 11.3 Å². The van der Waals surface area contributed by atoms with Gasteiger partial charge < -0.3 is 10.2 Å². The van der Waals surface area contributed by atoms with E-state index in [0.717, 1.165) is 30.2 Å². The summed E-state index contributed by atoms with van der Waals surface area (Å²) in [4.78, 5) is 23.1. The summed E-state index contributed by atoms with van der Waals surface area (Å²) in [7, 11) is 0. The largest absolute Gasteiger partial charge is 0.357 e. The van der Waals surface area contributed by atoms with Crippen LogP contribution in [-0.2, 0) is 5.41 Å². The van der Waals surface area contributed by atoms with Gasteiger partial charge in [-0.25, -0.2) is 9.97 Å². The van der Waals surface area contributed by atoms with Crippen LogP contribution >= 0.6 is 0 Å². The second-order valence-electron chi connectivity index (χ2n) is 6.68. The second kappa shape index (κ2) is 7.43. The summed E-state index contributed by atoms with van der Waals surface area (Å²) in [6.45, 7) is 12.2. The molecule has 1 heterocycles. The molecule has 5 nitrogen and oxygen atoms in total. The van der Waals surface area contributed by atoms with Crippen LogP contribution in [0.4, 0.5) is 11.5 Å². The minimum atomic E-state index is -0.220.